The van der Waals surface area contributed by atoms with Gasteiger partial charge in [-0.25, -0.2) is 4.98 Å². The van der Waals surface area contributed by atoms with Gasteiger partial charge in [-0.15, -0.1) is 0 Å². The summed E-state index contributed by atoms with van der Waals surface area (Å²) in [5, 5.41) is 3.15. The number of aromatic nitrogens is 2. The van der Waals surface area contributed by atoms with E-state index in [0.29, 0.717) is 13.0 Å². The van der Waals surface area contributed by atoms with Crippen LogP contribution in [0.15, 0.2) is 35.1 Å². The van der Waals surface area contributed by atoms with Crippen molar-refractivity contribution in [1.82, 2.24) is 15.3 Å². The van der Waals surface area contributed by atoms with Gasteiger partial charge >= 0.3 is 5.97 Å². The molecule has 1 aliphatic heterocycles. The first kappa shape index (κ1) is 13.3. The smallest absolute Gasteiger partial charge is 0.323 e. The number of ether oxygens (including phenoxy) is 1. The SMILES string of the molecule is O=C(OCc1cccc(Br)c1)C1Cc2nc[nH]c2CN1. The summed E-state index contributed by atoms with van der Waals surface area (Å²) in [6.45, 7) is 0.899. The Kier molecular flexibility index (Phi) is 3.84. The standard InChI is InChI=1S/C14H14BrN3O2/c15-10-3-1-2-9(4-10)7-20-14(19)12-5-11-13(6-16-12)18-8-17-11/h1-4,8,12,16H,5-7H2,(H,17,18). The van der Waals surface area contributed by atoms with Gasteiger partial charge in [0.15, 0.2) is 0 Å². The van der Waals surface area contributed by atoms with Gasteiger partial charge in [0, 0.05) is 17.4 Å². The zero-order chi connectivity index (χ0) is 13.9. The Labute approximate surface area is 124 Å². The average molecular weight is 336 g/mol. The molecule has 0 aliphatic carbocycles. The summed E-state index contributed by atoms with van der Waals surface area (Å²) in [6.07, 6.45) is 2.22. The molecule has 1 atom stereocenters. The molecule has 3 rings (SSSR count). The van der Waals surface area contributed by atoms with Crippen molar-refractivity contribution in [2.24, 2.45) is 0 Å². The van der Waals surface area contributed by atoms with Crippen molar-refractivity contribution in [1.29, 1.82) is 0 Å². The van der Waals surface area contributed by atoms with Crippen LogP contribution in [0.2, 0.25) is 0 Å². The zero-order valence-electron chi connectivity index (χ0n) is 10.7. The molecule has 2 heterocycles. The number of rotatable bonds is 3. The molecular weight excluding hydrogens is 322 g/mol. The lowest BCUT2D eigenvalue weighted by molar-refractivity contribution is -0.147. The van der Waals surface area contributed by atoms with Crippen molar-refractivity contribution in [3.8, 4) is 0 Å². The van der Waals surface area contributed by atoms with Crippen LogP contribution in [0, 0.1) is 0 Å². The molecule has 0 bridgehead atoms. The van der Waals surface area contributed by atoms with Gasteiger partial charge in [0.2, 0.25) is 0 Å². The molecule has 20 heavy (non-hydrogen) atoms. The molecule has 104 valence electrons. The number of halogens is 1. The number of benzene rings is 1. The molecule has 6 heteroatoms. The van der Waals surface area contributed by atoms with Gasteiger partial charge in [-0.2, -0.15) is 0 Å². The second-order valence-corrected chi connectivity index (χ2v) is 5.62. The van der Waals surface area contributed by atoms with Crippen LogP contribution in [0.4, 0.5) is 0 Å². The fraction of sp³-hybridized carbons (Fsp3) is 0.286. The van der Waals surface area contributed by atoms with Crippen LogP contribution in [0.25, 0.3) is 0 Å². The minimum atomic E-state index is -0.321. The normalized spacial score (nSPS) is 17.6. The van der Waals surface area contributed by atoms with E-state index in [1.54, 1.807) is 6.33 Å². The Morgan fingerprint density at radius 3 is 3.25 bits per heavy atom. The monoisotopic (exact) mass is 335 g/mol. The van der Waals surface area contributed by atoms with E-state index in [2.05, 4.69) is 31.2 Å². The highest BCUT2D eigenvalue weighted by Crippen LogP contribution is 2.15. The van der Waals surface area contributed by atoms with Crippen LogP contribution in [0.3, 0.4) is 0 Å². The molecule has 0 spiro atoms. The minimum Gasteiger partial charge on any atom is -0.460 e. The van der Waals surface area contributed by atoms with Crippen LogP contribution >= 0.6 is 15.9 Å². The first-order chi connectivity index (χ1) is 9.72. The van der Waals surface area contributed by atoms with Crippen LogP contribution in [0.1, 0.15) is 17.0 Å². The Morgan fingerprint density at radius 1 is 1.50 bits per heavy atom. The average Bonchev–Trinajstić information content (AvgIpc) is 2.92. The van der Waals surface area contributed by atoms with Crippen LogP contribution in [0.5, 0.6) is 0 Å². The quantitative estimate of drug-likeness (QED) is 0.841. The third-order valence-electron chi connectivity index (χ3n) is 3.28. The van der Waals surface area contributed by atoms with E-state index in [1.165, 1.54) is 0 Å². The number of nitrogens with zero attached hydrogens (tertiary/aromatic N) is 1. The van der Waals surface area contributed by atoms with Crippen LogP contribution in [-0.2, 0) is 29.1 Å². The van der Waals surface area contributed by atoms with Gasteiger partial charge in [0.05, 0.1) is 17.7 Å². The number of hydrogen-bond donors (Lipinski definition) is 2. The predicted octanol–water partition coefficient (Wildman–Crippen LogP) is 1.93. The molecule has 1 aromatic heterocycles. The summed E-state index contributed by atoms with van der Waals surface area (Å²) < 4.78 is 6.33. The van der Waals surface area contributed by atoms with E-state index in [0.717, 1.165) is 21.4 Å². The molecule has 0 saturated heterocycles. The molecule has 5 nitrogen and oxygen atoms in total. The minimum absolute atomic E-state index is 0.237. The van der Waals surface area contributed by atoms with Crippen molar-refractivity contribution < 1.29 is 9.53 Å². The van der Waals surface area contributed by atoms with Crippen molar-refractivity contribution in [3.05, 3.63) is 52.0 Å². The summed E-state index contributed by atoms with van der Waals surface area (Å²) in [4.78, 5) is 19.3. The number of nitrogens with one attached hydrogen (secondary N) is 2. The molecule has 1 unspecified atom stereocenters. The Bertz CT molecular complexity index is 626. The van der Waals surface area contributed by atoms with Gasteiger partial charge < -0.3 is 9.72 Å². The van der Waals surface area contributed by atoms with Crippen LogP contribution < -0.4 is 5.32 Å². The van der Waals surface area contributed by atoms with Gasteiger partial charge in [-0.05, 0) is 17.7 Å². The zero-order valence-corrected chi connectivity index (χ0v) is 12.3. The summed E-state index contributed by atoms with van der Waals surface area (Å²) in [6, 6.07) is 7.40. The number of fused-ring (bicyclic) bond motifs is 1. The second-order valence-electron chi connectivity index (χ2n) is 4.70. The van der Waals surface area contributed by atoms with Gasteiger partial charge in [-0.1, -0.05) is 28.1 Å². The highest BCUT2D eigenvalue weighted by molar-refractivity contribution is 9.10. The lowest BCUT2D eigenvalue weighted by Gasteiger charge is -2.21. The Balaban J connectivity index is 1.58. The maximum Gasteiger partial charge on any atom is 0.323 e. The number of hydrogen-bond acceptors (Lipinski definition) is 4. The van der Waals surface area contributed by atoms with Crippen molar-refractivity contribution in [3.63, 3.8) is 0 Å². The molecule has 0 fully saturated rings. The van der Waals surface area contributed by atoms with E-state index in [1.807, 2.05) is 24.3 Å². The second kappa shape index (κ2) is 5.76. The number of aromatic amines is 1. The maximum atomic E-state index is 12.1. The molecule has 2 N–H and O–H groups in total. The highest BCUT2D eigenvalue weighted by Gasteiger charge is 2.26. The van der Waals surface area contributed by atoms with E-state index < -0.39 is 0 Å². The third kappa shape index (κ3) is 2.91. The summed E-state index contributed by atoms with van der Waals surface area (Å²) in [5.41, 5.74) is 2.94. The van der Waals surface area contributed by atoms with Crippen molar-refractivity contribution in [2.75, 3.05) is 0 Å². The first-order valence-electron chi connectivity index (χ1n) is 6.38. The number of carbonyl (C=O) groups excluding carboxylic acids is 1. The number of H-pyrrole nitrogens is 1. The molecule has 0 radical (unpaired) electrons. The maximum absolute atomic E-state index is 12.1. The largest absolute Gasteiger partial charge is 0.460 e. The molecule has 2 aromatic rings. The van der Waals surface area contributed by atoms with E-state index in [-0.39, 0.29) is 18.6 Å². The predicted molar refractivity (Wildman–Crippen MR) is 76.9 cm³/mol. The summed E-state index contributed by atoms with van der Waals surface area (Å²) >= 11 is 3.39. The summed E-state index contributed by atoms with van der Waals surface area (Å²) in [5.74, 6) is -0.237. The first-order valence-corrected chi connectivity index (χ1v) is 7.17. The third-order valence-corrected chi connectivity index (χ3v) is 3.78. The fourth-order valence-corrected chi connectivity index (χ4v) is 2.66. The lowest BCUT2D eigenvalue weighted by atomic mass is 10.1. The highest BCUT2D eigenvalue weighted by atomic mass is 79.9. The van der Waals surface area contributed by atoms with Crippen molar-refractivity contribution >= 4 is 21.9 Å². The van der Waals surface area contributed by atoms with Gasteiger partial charge in [-0.3, -0.25) is 10.1 Å². The van der Waals surface area contributed by atoms with Crippen molar-refractivity contribution in [2.45, 2.75) is 25.6 Å². The van der Waals surface area contributed by atoms with E-state index >= 15 is 0 Å². The fourth-order valence-electron chi connectivity index (χ4n) is 2.22. The molecule has 0 saturated carbocycles. The van der Waals surface area contributed by atoms with E-state index in [9.17, 15) is 4.79 Å². The van der Waals surface area contributed by atoms with Gasteiger partial charge in [0.1, 0.15) is 12.6 Å². The molecule has 0 amide bonds. The summed E-state index contributed by atoms with van der Waals surface area (Å²) in [7, 11) is 0. The van der Waals surface area contributed by atoms with E-state index in [4.69, 9.17) is 4.74 Å². The molecular formula is C14H14BrN3O2. The van der Waals surface area contributed by atoms with Crippen LogP contribution in [-0.4, -0.2) is 22.0 Å². The molecule has 1 aromatic carbocycles. The number of imidazole rings is 1. The molecule has 1 aliphatic rings. The number of carbonyl (C=O) groups is 1. The topological polar surface area (TPSA) is 67.0 Å². The Morgan fingerprint density at radius 2 is 2.40 bits per heavy atom. The lowest BCUT2D eigenvalue weighted by Crippen LogP contribution is -2.42. The Hall–Kier alpha value is -1.66. The van der Waals surface area contributed by atoms with Gasteiger partial charge in [0.25, 0.3) is 0 Å². The number of esters is 1.